The summed E-state index contributed by atoms with van der Waals surface area (Å²) in [7, 11) is 0. The van der Waals surface area contributed by atoms with Crippen LogP contribution in [0.3, 0.4) is 0 Å². The molecule has 1 aromatic rings. The maximum atomic E-state index is 12.3. The zero-order valence-corrected chi connectivity index (χ0v) is 13.8. The van der Waals surface area contributed by atoms with E-state index in [2.05, 4.69) is 32.9 Å². The van der Waals surface area contributed by atoms with E-state index >= 15 is 0 Å². The molecule has 0 aliphatic carbocycles. The molecule has 0 saturated carbocycles. The highest BCUT2D eigenvalue weighted by molar-refractivity contribution is 5.96. The molecule has 0 aromatic heterocycles. The minimum absolute atomic E-state index is 0.255. The Balaban J connectivity index is 2.46. The fraction of sp³-hybridized carbons (Fsp3) is 0.550. The van der Waals surface area contributed by atoms with Crippen molar-refractivity contribution in [3.63, 3.8) is 0 Å². The molecular weight excluding hydrogens is 256 g/mol. The van der Waals surface area contributed by atoms with Gasteiger partial charge in [0, 0.05) is 12.0 Å². The zero-order valence-electron chi connectivity index (χ0n) is 13.8. The lowest BCUT2D eigenvalue weighted by molar-refractivity contribution is 0.0960. The average Bonchev–Trinajstić information content (AvgIpc) is 2.50. The standard InChI is InChI=1S/C20H30O/c1-4-5-6-7-8-10-15-19(17(2)3)16-20(21)18-13-11-9-12-14-18/h9-15,17,19H,4-8,16H2,1-3H3/b15-10+/t19-/m0/s1. The van der Waals surface area contributed by atoms with Gasteiger partial charge < -0.3 is 0 Å². The van der Waals surface area contributed by atoms with Crippen molar-refractivity contribution in [3.8, 4) is 0 Å². The van der Waals surface area contributed by atoms with Crippen LogP contribution in [0.5, 0.6) is 0 Å². The van der Waals surface area contributed by atoms with Gasteiger partial charge in [0.2, 0.25) is 0 Å². The van der Waals surface area contributed by atoms with Gasteiger partial charge >= 0.3 is 0 Å². The van der Waals surface area contributed by atoms with Crippen molar-refractivity contribution in [1.82, 2.24) is 0 Å². The quantitative estimate of drug-likeness (QED) is 0.290. The van der Waals surface area contributed by atoms with Gasteiger partial charge in [-0.3, -0.25) is 4.79 Å². The molecule has 116 valence electrons. The molecule has 0 aliphatic heterocycles. The summed E-state index contributed by atoms with van der Waals surface area (Å²) in [6.07, 6.45) is 11.5. The molecule has 1 aromatic carbocycles. The molecule has 0 unspecified atom stereocenters. The van der Waals surface area contributed by atoms with Crippen LogP contribution in [0.4, 0.5) is 0 Å². The van der Waals surface area contributed by atoms with Gasteiger partial charge in [0.15, 0.2) is 5.78 Å². The number of hydrogen-bond donors (Lipinski definition) is 0. The largest absolute Gasteiger partial charge is 0.294 e. The van der Waals surface area contributed by atoms with Crippen LogP contribution in [0.15, 0.2) is 42.5 Å². The van der Waals surface area contributed by atoms with Gasteiger partial charge in [-0.2, -0.15) is 0 Å². The Kier molecular flexibility index (Phi) is 8.73. The van der Waals surface area contributed by atoms with Crippen molar-refractivity contribution in [3.05, 3.63) is 48.0 Å². The Morgan fingerprint density at radius 2 is 1.81 bits per heavy atom. The smallest absolute Gasteiger partial charge is 0.163 e. The van der Waals surface area contributed by atoms with Crippen LogP contribution < -0.4 is 0 Å². The lowest BCUT2D eigenvalue weighted by atomic mass is 9.88. The first-order valence-corrected chi connectivity index (χ1v) is 8.40. The average molecular weight is 286 g/mol. The van der Waals surface area contributed by atoms with Gasteiger partial charge in [-0.05, 0) is 24.7 Å². The van der Waals surface area contributed by atoms with Crippen LogP contribution in [0, 0.1) is 11.8 Å². The van der Waals surface area contributed by atoms with E-state index in [9.17, 15) is 4.79 Å². The summed E-state index contributed by atoms with van der Waals surface area (Å²) in [5.74, 6) is 1.11. The van der Waals surface area contributed by atoms with Gasteiger partial charge in [-0.15, -0.1) is 0 Å². The van der Waals surface area contributed by atoms with Crippen LogP contribution in [0.1, 0.15) is 69.7 Å². The molecular formula is C20H30O. The van der Waals surface area contributed by atoms with E-state index in [0.29, 0.717) is 18.3 Å². The first-order chi connectivity index (χ1) is 10.1. The molecule has 0 aliphatic rings. The number of Topliss-reactive ketones (excluding diaryl/α,β-unsaturated/α-hetero) is 1. The van der Waals surface area contributed by atoms with E-state index in [1.54, 1.807) is 0 Å². The maximum Gasteiger partial charge on any atom is 0.163 e. The van der Waals surface area contributed by atoms with Crippen molar-refractivity contribution in [2.45, 2.75) is 59.3 Å². The Labute approximate surface area is 130 Å². The third kappa shape index (κ3) is 7.27. The number of allylic oxidation sites excluding steroid dienone is 2. The van der Waals surface area contributed by atoms with Crippen LogP contribution in [0.25, 0.3) is 0 Å². The normalized spacial score (nSPS) is 13.0. The Morgan fingerprint density at radius 3 is 2.43 bits per heavy atom. The minimum atomic E-state index is 0.255. The van der Waals surface area contributed by atoms with Gasteiger partial charge in [0.25, 0.3) is 0 Å². The highest BCUT2D eigenvalue weighted by Gasteiger charge is 2.15. The van der Waals surface area contributed by atoms with E-state index in [-0.39, 0.29) is 5.78 Å². The molecule has 21 heavy (non-hydrogen) atoms. The van der Waals surface area contributed by atoms with Crippen molar-refractivity contribution in [2.24, 2.45) is 11.8 Å². The summed E-state index contributed by atoms with van der Waals surface area (Å²) in [6.45, 7) is 6.63. The van der Waals surface area contributed by atoms with Gasteiger partial charge in [-0.1, -0.05) is 82.5 Å². The molecule has 1 heteroatoms. The van der Waals surface area contributed by atoms with Crippen LogP contribution in [-0.4, -0.2) is 5.78 Å². The second kappa shape index (κ2) is 10.4. The van der Waals surface area contributed by atoms with Crippen molar-refractivity contribution in [1.29, 1.82) is 0 Å². The lowest BCUT2D eigenvalue weighted by Crippen LogP contribution is -2.12. The van der Waals surface area contributed by atoms with Gasteiger partial charge in [0.1, 0.15) is 0 Å². The molecule has 0 radical (unpaired) electrons. The number of carbonyl (C=O) groups excluding carboxylic acids is 1. The first-order valence-electron chi connectivity index (χ1n) is 8.40. The highest BCUT2D eigenvalue weighted by atomic mass is 16.1. The van der Waals surface area contributed by atoms with E-state index in [1.165, 1.54) is 25.7 Å². The van der Waals surface area contributed by atoms with Crippen LogP contribution >= 0.6 is 0 Å². The molecule has 0 amide bonds. The number of carbonyl (C=O) groups is 1. The molecule has 1 rings (SSSR count). The molecule has 0 heterocycles. The SMILES string of the molecule is CCCCCC/C=C/[C@@H](CC(=O)c1ccccc1)C(C)C. The predicted molar refractivity (Wildman–Crippen MR) is 91.6 cm³/mol. The summed E-state index contributed by atoms with van der Waals surface area (Å²) in [5, 5.41) is 0. The lowest BCUT2D eigenvalue weighted by Gasteiger charge is -2.16. The van der Waals surface area contributed by atoms with E-state index in [1.807, 2.05) is 30.3 Å². The Hall–Kier alpha value is -1.37. The molecule has 0 spiro atoms. The highest BCUT2D eigenvalue weighted by Crippen LogP contribution is 2.20. The summed E-state index contributed by atoms with van der Waals surface area (Å²) in [6, 6.07) is 9.64. The second-order valence-corrected chi connectivity index (χ2v) is 6.18. The Bertz CT molecular complexity index is 417. The monoisotopic (exact) mass is 286 g/mol. The molecule has 0 fully saturated rings. The summed E-state index contributed by atoms with van der Waals surface area (Å²) >= 11 is 0. The number of ketones is 1. The van der Waals surface area contributed by atoms with Gasteiger partial charge in [-0.25, -0.2) is 0 Å². The molecule has 0 N–H and O–H groups in total. The van der Waals surface area contributed by atoms with E-state index in [0.717, 1.165) is 12.0 Å². The van der Waals surface area contributed by atoms with Crippen LogP contribution in [-0.2, 0) is 0 Å². The number of benzene rings is 1. The fourth-order valence-corrected chi connectivity index (χ4v) is 2.44. The van der Waals surface area contributed by atoms with Crippen molar-refractivity contribution >= 4 is 5.78 Å². The van der Waals surface area contributed by atoms with E-state index < -0.39 is 0 Å². The molecule has 1 nitrogen and oxygen atoms in total. The third-order valence-corrected chi connectivity index (χ3v) is 3.98. The molecule has 0 bridgehead atoms. The topological polar surface area (TPSA) is 17.1 Å². The first kappa shape index (κ1) is 17.7. The fourth-order valence-electron chi connectivity index (χ4n) is 2.44. The third-order valence-electron chi connectivity index (χ3n) is 3.98. The van der Waals surface area contributed by atoms with Crippen molar-refractivity contribution in [2.75, 3.05) is 0 Å². The molecule has 1 atom stereocenters. The number of hydrogen-bond acceptors (Lipinski definition) is 1. The maximum absolute atomic E-state index is 12.3. The number of rotatable bonds is 10. The summed E-state index contributed by atoms with van der Waals surface area (Å²) in [5.41, 5.74) is 0.833. The Morgan fingerprint density at radius 1 is 1.10 bits per heavy atom. The van der Waals surface area contributed by atoms with Gasteiger partial charge in [0.05, 0.1) is 0 Å². The zero-order chi connectivity index (χ0) is 15.5. The summed E-state index contributed by atoms with van der Waals surface area (Å²) in [4.78, 5) is 12.3. The minimum Gasteiger partial charge on any atom is -0.294 e. The second-order valence-electron chi connectivity index (χ2n) is 6.18. The molecule has 0 saturated heterocycles. The number of unbranched alkanes of at least 4 members (excludes halogenated alkanes) is 4. The van der Waals surface area contributed by atoms with Crippen LogP contribution in [0.2, 0.25) is 0 Å². The van der Waals surface area contributed by atoms with Crippen molar-refractivity contribution < 1.29 is 4.79 Å². The predicted octanol–water partition coefficient (Wildman–Crippen LogP) is 6.06. The van der Waals surface area contributed by atoms with E-state index in [4.69, 9.17) is 0 Å². The summed E-state index contributed by atoms with van der Waals surface area (Å²) < 4.78 is 0.